The number of carbonyl (C=O) groups excluding carboxylic acids is 1. The van der Waals surface area contributed by atoms with Crippen LogP contribution in [0, 0.1) is 0 Å². The van der Waals surface area contributed by atoms with Crippen LogP contribution in [0.4, 0.5) is 0 Å². The first-order chi connectivity index (χ1) is 9.97. The van der Waals surface area contributed by atoms with E-state index in [0.717, 1.165) is 12.1 Å². The number of nitrogens with one attached hydrogen (secondary N) is 1. The second-order valence-corrected chi connectivity index (χ2v) is 4.16. The molecule has 7 nitrogen and oxygen atoms in total. The summed E-state index contributed by atoms with van der Waals surface area (Å²) in [4.78, 5) is 11.7. The molecule has 0 bridgehead atoms. The van der Waals surface area contributed by atoms with Gasteiger partial charge in [0.05, 0.1) is 6.21 Å². The van der Waals surface area contributed by atoms with Gasteiger partial charge in [-0.15, -0.1) is 0 Å². The molecule has 0 atom stereocenters. The maximum absolute atomic E-state index is 11.7. The van der Waals surface area contributed by atoms with Crippen LogP contribution in [-0.4, -0.2) is 32.5 Å². The summed E-state index contributed by atoms with van der Waals surface area (Å²) in [5.74, 6) is -2.54. The Morgan fingerprint density at radius 2 is 1.71 bits per heavy atom. The Labute approximate surface area is 119 Å². The van der Waals surface area contributed by atoms with Crippen molar-refractivity contribution in [2.75, 3.05) is 0 Å². The van der Waals surface area contributed by atoms with E-state index in [1.807, 2.05) is 0 Å². The summed E-state index contributed by atoms with van der Waals surface area (Å²) in [6.07, 6.45) is 1.32. The van der Waals surface area contributed by atoms with Crippen LogP contribution in [-0.2, 0) is 0 Å². The number of rotatable bonds is 3. The second-order valence-electron chi connectivity index (χ2n) is 4.16. The first-order valence-electron chi connectivity index (χ1n) is 5.85. The van der Waals surface area contributed by atoms with Crippen LogP contribution in [0.2, 0.25) is 0 Å². The van der Waals surface area contributed by atoms with Gasteiger partial charge in [-0.1, -0.05) is 12.1 Å². The standard InChI is InChI=1S/C14H12N2O5/c17-10-3-1-2-8(4-10)7-15-16-14(21)9-5-11(18)13(20)12(19)6-9/h1-7,17-20H,(H,16,21)/b15-7+. The lowest BCUT2D eigenvalue weighted by molar-refractivity contribution is 0.0954. The predicted octanol–water partition coefficient (Wildman–Crippen LogP) is 1.27. The van der Waals surface area contributed by atoms with Crippen LogP contribution in [0.3, 0.4) is 0 Å². The summed E-state index contributed by atoms with van der Waals surface area (Å²) in [5, 5.41) is 40.7. The van der Waals surface area contributed by atoms with Gasteiger partial charge in [0, 0.05) is 5.56 Å². The van der Waals surface area contributed by atoms with Crippen LogP contribution in [0.25, 0.3) is 0 Å². The molecule has 0 aromatic heterocycles. The number of benzene rings is 2. The predicted molar refractivity (Wildman–Crippen MR) is 74.6 cm³/mol. The van der Waals surface area contributed by atoms with Crippen LogP contribution in [0.15, 0.2) is 41.5 Å². The molecule has 108 valence electrons. The van der Waals surface area contributed by atoms with Crippen molar-refractivity contribution in [3.8, 4) is 23.0 Å². The molecule has 7 heteroatoms. The number of carbonyl (C=O) groups is 1. The molecule has 21 heavy (non-hydrogen) atoms. The van der Waals surface area contributed by atoms with Gasteiger partial charge in [-0.2, -0.15) is 5.10 Å². The van der Waals surface area contributed by atoms with Crippen LogP contribution >= 0.6 is 0 Å². The summed E-state index contributed by atoms with van der Waals surface area (Å²) < 4.78 is 0. The van der Waals surface area contributed by atoms with Crippen molar-refractivity contribution in [3.63, 3.8) is 0 Å². The van der Waals surface area contributed by atoms with Crippen molar-refractivity contribution in [1.82, 2.24) is 5.43 Å². The highest BCUT2D eigenvalue weighted by Gasteiger charge is 2.12. The van der Waals surface area contributed by atoms with Gasteiger partial charge < -0.3 is 20.4 Å². The largest absolute Gasteiger partial charge is 0.508 e. The Bertz CT molecular complexity index is 689. The summed E-state index contributed by atoms with van der Waals surface area (Å²) in [6, 6.07) is 8.23. The van der Waals surface area contributed by atoms with Crippen molar-refractivity contribution in [1.29, 1.82) is 0 Å². The van der Waals surface area contributed by atoms with Crippen LogP contribution in [0.5, 0.6) is 23.0 Å². The second kappa shape index (κ2) is 5.83. The molecule has 0 spiro atoms. The Morgan fingerprint density at radius 1 is 1.05 bits per heavy atom. The van der Waals surface area contributed by atoms with E-state index >= 15 is 0 Å². The molecular formula is C14H12N2O5. The fourth-order valence-corrected chi connectivity index (χ4v) is 1.57. The third-order valence-corrected chi connectivity index (χ3v) is 2.58. The average molecular weight is 288 g/mol. The third-order valence-electron chi connectivity index (χ3n) is 2.58. The van der Waals surface area contributed by atoms with Crippen molar-refractivity contribution in [2.45, 2.75) is 0 Å². The maximum atomic E-state index is 11.7. The van der Waals surface area contributed by atoms with Gasteiger partial charge in [-0.05, 0) is 29.8 Å². The van der Waals surface area contributed by atoms with Crippen LogP contribution in [0.1, 0.15) is 15.9 Å². The quantitative estimate of drug-likeness (QED) is 0.331. The lowest BCUT2D eigenvalue weighted by Gasteiger charge is -2.04. The summed E-state index contributed by atoms with van der Waals surface area (Å²) >= 11 is 0. The molecule has 0 aliphatic carbocycles. The zero-order valence-corrected chi connectivity index (χ0v) is 10.7. The monoisotopic (exact) mass is 288 g/mol. The molecule has 0 saturated carbocycles. The summed E-state index contributed by atoms with van der Waals surface area (Å²) in [6.45, 7) is 0. The lowest BCUT2D eigenvalue weighted by atomic mass is 10.2. The van der Waals surface area contributed by atoms with Gasteiger partial charge in [0.25, 0.3) is 5.91 Å². The Hall–Kier alpha value is -3.22. The molecule has 0 aliphatic rings. The minimum absolute atomic E-state index is 0.0682. The van der Waals surface area contributed by atoms with Gasteiger partial charge in [0.1, 0.15) is 5.75 Å². The molecule has 1 amide bonds. The first-order valence-corrected chi connectivity index (χ1v) is 5.85. The van der Waals surface area contributed by atoms with Gasteiger partial charge in [0.2, 0.25) is 0 Å². The fourth-order valence-electron chi connectivity index (χ4n) is 1.57. The average Bonchev–Trinajstić information content (AvgIpc) is 2.44. The number of hydrogen-bond acceptors (Lipinski definition) is 6. The minimum Gasteiger partial charge on any atom is -0.508 e. The van der Waals surface area contributed by atoms with E-state index < -0.39 is 23.2 Å². The van der Waals surface area contributed by atoms with Gasteiger partial charge in [-0.3, -0.25) is 4.79 Å². The van der Waals surface area contributed by atoms with E-state index in [1.165, 1.54) is 18.3 Å². The van der Waals surface area contributed by atoms with Crippen molar-refractivity contribution < 1.29 is 25.2 Å². The Kier molecular flexibility index (Phi) is 3.94. The van der Waals surface area contributed by atoms with Crippen LogP contribution < -0.4 is 5.43 Å². The molecule has 2 rings (SSSR count). The highest BCUT2D eigenvalue weighted by Crippen LogP contribution is 2.35. The molecule has 0 heterocycles. The van der Waals surface area contributed by atoms with Crippen molar-refractivity contribution >= 4 is 12.1 Å². The molecule has 0 saturated heterocycles. The number of nitrogens with zero attached hydrogens (tertiary/aromatic N) is 1. The first kappa shape index (κ1) is 14.2. The molecule has 2 aromatic rings. The zero-order chi connectivity index (χ0) is 15.4. The van der Waals surface area contributed by atoms with Gasteiger partial charge >= 0.3 is 0 Å². The molecule has 2 aromatic carbocycles. The summed E-state index contributed by atoms with van der Waals surface area (Å²) in [7, 11) is 0. The smallest absolute Gasteiger partial charge is 0.271 e. The van der Waals surface area contributed by atoms with E-state index in [-0.39, 0.29) is 11.3 Å². The Balaban J connectivity index is 2.08. The molecule has 0 radical (unpaired) electrons. The number of hydrazone groups is 1. The maximum Gasteiger partial charge on any atom is 0.271 e. The number of phenols is 4. The topological polar surface area (TPSA) is 122 Å². The van der Waals surface area contributed by atoms with Gasteiger partial charge in [0.15, 0.2) is 17.2 Å². The van der Waals surface area contributed by atoms with E-state index in [0.29, 0.717) is 5.56 Å². The summed E-state index contributed by atoms with van der Waals surface area (Å²) in [5.41, 5.74) is 2.69. The molecule has 0 aliphatic heterocycles. The SMILES string of the molecule is O=C(N/N=C/c1cccc(O)c1)c1cc(O)c(O)c(O)c1. The Morgan fingerprint density at radius 3 is 2.33 bits per heavy atom. The van der Waals surface area contributed by atoms with E-state index in [2.05, 4.69) is 10.5 Å². The van der Waals surface area contributed by atoms with Crippen molar-refractivity contribution in [3.05, 3.63) is 47.5 Å². The van der Waals surface area contributed by atoms with Gasteiger partial charge in [-0.25, -0.2) is 5.43 Å². The molecule has 5 N–H and O–H groups in total. The zero-order valence-electron chi connectivity index (χ0n) is 10.7. The molecule has 0 unspecified atom stereocenters. The number of amides is 1. The van der Waals surface area contributed by atoms with E-state index in [4.69, 9.17) is 0 Å². The number of hydrogen-bond donors (Lipinski definition) is 5. The van der Waals surface area contributed by atoms with Crippen molar-refractivity contribution in [2.24, 2.45) is 5.10 Å². The fraction of sp³-hybridized carbons (Fsp3) is 0. The van der Waals surface area contributed by atoms with E-state index in [1.54, 1.807) is 12.1 Å². The lowest BCUT2D eigenvalue weighted by Crippen LogP contribution is -2.17. The highest BCUT2D eigenvalue weighted by atomic mass is 16.3. The minimum atomic E-state index is -0.699. The third kappa shape index (κ3) is 3.41. The van der Waals surface area contributed by atoms with E-state index in [9.17, 15) is 25.2 Å². The normalized spacial score (nSPS) is 10.7. The molecular weight excluding hydrogens is 276 g/mol. The molecule has 0 fully saturated rings. The highest BCUT2D eigenvalue weighted by molar-refractivity contribution is 5.96. The number of phenolic OH excluding ortho intramolecular Hbond substituents is 4. The number of aromatic hydroxyl groups is 4.